The zero-order valence-electron chi connectivity index (χ0n) is 8.69. The second-order valence-corrected chi connectivity index (χ2v) is 2.99. The predicted molar refractivity (Wildman–Crippen MR) is 58.9 cm³/mol. The van der Waals surface area contributed by atoms with Crippen LogP contribution < -0.4 is 16.6 Å². The Kier molecular flexibility index (Phi) is 3.78. The Balaban J connectivity index is 3.16. The summed E-state index contributed by atoms with van der Waals surface area (Å²) in [4.78, 5) is 21.6. The minimum Gasteiger partial charge on any atom is -0.352 e. The molecule has 7 nitrogen and oxygen atoms in total. The van der Waals surface area contributed by atoms with Crippen LogP contribution in [0.4, 0.5) is 11.4 Å². The van der Waals surface area contributed by atoms with Crippen LogP contribution in [-0.2, 0) is 0 Å². The number of hydrogen-bond acceptors (Lipinski definition) is 5. The molecule has 0 aromatic heterocycles. The third-order valence-electron chi connectivity index (χ3n) is 1.95. The SMILES string of the molecule is CCNC(=O)c1cc([N+](=O)[O-])ccc1NN. The van der Waals surface area contributed by atoms with E-state index in [1.54, 1.807) is 6.92 Å². The molecule has 1 aromatic rings. The first-order valence-corrected chi connectivity index (χ1v) is 4.63. The zero-order valence-corrected chi connectivity index (χ0v) is 8.69. The number of nitrogens with two attached hydrogens (primary N) is 1. The monoisotopic (exact) mass is 224 g/mol. The van der Waals surface area contributed by atoms with Crippen molar-refractivity contribution >= 4 is 17.3 Å². The largest absolute Gasteiger partial charge is 0.352 e. The van der Waals surface area contributed by atoms with Gasteiger partial charge in [0.15, 0.2) is 0 Å². The van der Waals surface area contributed by atoms with Crippen LogP contribution >= 0.6 is 0 Å². The summed E-state index contributed by atoms with van der Waals surface area (Å²) in [5.41, 5.74) is 2.66. The molecule has 86 valence electrons. The molecule has 0 fully saturated rings. The van der Waals surface area contributed by atoms with Crippen LogP contribution in [0.3, 0.4) is 0 Å². The second-order valence-electron chi connectivity index (χ2n) is 2.99. The number of hydrogen-bond donors (Lipinski definition) is 3. The van der Waals surface area contributed by atoms with Gasteiger partial charge in [0.05, 0.1) is 16.2 Å². The first-order chi connectivity index (χ1) is 7.60. The minimum absolute atomic E-state index is 0.151. The summed E-state index contributed by atoms with van der Waals surface area (Å²) in [6.07, 6.45) is 0. The molecular weight excluding hydrogens is 212 g/mol. The topological polar surface area (TPSA) is 110 Å². The van der Waals surface area contributed by atoms with Gasteiger partial charge in [-0.1, -0.05) is 0 Å². The maximum absolute atomic E-state index is 11.6. The molecule has 0 heterocycles. The molecular formula is C9H12N4O3. The van der Waals surface area contributed by atoms with Gasteiger partial charge in [-0.2, -0.15) is 0 Å². The lowest BCUT2D eigenvalue weighted by Gasteiger charge is -2.08. The molecule has 0 spiro atoms. The highest BCUT2D eigenvalue weighted by atomic mass is 16.6. The fraction of sp³-hybridized carbons (Fsp3) is 0.222. The highest BCUT2D eigenvalue weighted by Gasteiger charge is 2.15. The molecule has 0 atom stereocenters. The first kappa shape index (κ1) is 11.9. The molecule has 0 aliphatic carbocycles. The van der Waals surface area contributed by atoms with E-state index in [4.69, 9.17) is 5.84 Å². The van der Waals surface area contributed by atoms with Gasteiger partial charge in [0.25, 0.3) is 11.6 Å². The van der Waals surface area contributed by atoms with Crippen molar-refractivity contribution in [1.29, 1.82) is 0 Å². The molecule has 0 saturated heterocycles. The van der Waals surface area contributed by atoms with E-state index < -0.39 is 10.8 Å². The van der Waals surface area contributed by atoms with Gasteiger partial charge in [-0.05, 0) is 13.0 Å². The zero-order chi connectivity index (χ0) is 12.1. The van der Waals surface area contributed by atoms with Crippen LogP contribution in [0.15, 0.2) is 18.2 Å². The average molecular weight is 224 g/mol. The molecule has 0 aliphatic rings. The van der Waals surface area contributed by atoms with E-state index >= 15 is 0 Å². The standard InChI is InChI=1S/C9H12N4O3/c1-2-11-9(14)7-5-6(13(15)16)3-4-8(7)12-10/h3-5,12H,2,10H2,1H3,(H,11,14). The van der Waals surface area contributed by atoms with Crippen molar-refractivity contribution < 1.29 is 9.72 Å². The van der Waals surface area contributed by atoms with E-state index in [1.165, 1.54) is 18.2 Å². The van der Waals surface area contributed by atoms with E-state index in [1.807, 2.05) is 0 Å². The van der Waals surface area contributed by atoms with Crippen LogP contribution in [-0.4, -0.2) is 17.4 Å². The van der Waals surface area contributed by atoms with Crippen LogP contribution in [0.5, 0.6) is 0 Å². The van der Waals surface area contributed by atoms with Gasteiger partial charge >= 0.3 is 0 Å². The maximum atomic E-state index is 11.6. The molecule has 1 rings (SSSR count). The normalized spacial score (nSPS) is 9.62. The smallest absolute Gasteiger partial charge is 0.270 e. The highest BCUT2D eigenvalue weighted by molar-refractivity contribution is 6.00. The number of amides is 1. The number of nitrogens with zero attached hydrogens (tertiary/aromatic N) is 1. The van der Waals surface area contributed by atoms with E-state index in [-0.39, 0.29) is 11.3 Å². The Bertz CT molecular complexity index is 419. The van der Waals surface area contributed by atoms with Gasteiger partial charge < -0.3 is 10.7 Å². The van der Waals surface area contributed by atoms with Gasteiger partial charge in [-0.3, -0.25) is 20.8 Å². The number of carbonyl (C=O) groups excluding carboxylic acids is 1. The quantitative estimate of drug-likeness (QED) is 0.394. The molecule has 1 aromatic carbocycles. The van der Waals surface area contributed by atoms with Gasteiger partial charge in [-0.15, -0.1) is 0 Å². The predicted octanol–water partition coefficient (Wildman–Crippen LogP) is 0.630. The van der Waals surface area contributed by atoms with E-state index in [0.29, 0.717) is 12.2 Å². The van der Waals surface area contributed by atoms with Crippen LogP contribution in [0.1, 0.15) is 17.3 Å². The number of hydrazine groups is 1. The molecule has 16 heavy (non-hydrogen) atoms. The van der Waals surface area contributed by atoms with Crippen molar-refractivity contribution in [3.8, 4) is 0 Å². The third-order valence-corrected chi connectivity index (χ3v) is 1.95. The van der Waals surface area contributed by atoms with Gasteiger partial charge in [-0.25, -0.2) is 0 Å². The lowest BCUT2D eigenvalue weighted by atomic mass is 10.1. The molecule has 0 aliphatic heterocycles. The summed E-state index contributed by atoms with van der Waals surface area (Å²) in [5.74, 6) is 4.81. The number of nitro benzene ring substituents is 1. The van der Waals surface area contributed by atoms with Crippen molar-refractivity contribution in [3.63, 3.8) is 0 Å². The summed E-state index contributed by atoms with van der Waals surface area (Å²) in [6.45, 7) is 2.19. The summed E-state index contributed by atoms with van der Waals surface area (Å²) in [7, 11) is 0. The number of non-ortho nitro benzene ring substituents is 1. The van der Waals surface area contributed by atoms with Crippen molar-refractivity contribution in [2.45, 2.75) is 6.92 Å². The number of carbonyl (C=O) groups is 1. The van der Waals surface area contributed by atoms with Crippen molar-refractivity contribution in [3.05, 3.63) is 33.9 Å². The lowest BCUT2D eigenvalue weighted by molar-refractivity contribution is -0.384. The summed E-state index contributed by atoms with van der Waals surface area (Å²) < 4.78 is 0. The second kappa shape index (κ2) is 5.08. The van der Waals surface area contributed by atoms with Crippen molar-refractivity contribution in [2.75, 3.05) is 12.0 Å². The molecule has 4 N–H and O–H groups in total. The fourth-order valence-electron chi connectivity index (χ4n) is 1.22. The summed E-state index contributed by atoms with van der Waals surface area (Å²) in [6, 6.07) is 3.85. The fourth-order valence-corrected chi connectivity index (χ4v) is 1.22. The Morgan fingerprint density at radius 1 is 1.56 bits per heavy atom. The number of nitrogens with one attached hydrogen (secondary N) is 2. The first-order valence-electron chi connectivity index (χ1n) is 4.63. The third kappa shape index (κ3) is 2.45. The number of anilines is 1. The number of rotatable bonds is 4. The average Bonchev–Trinajstić information content (AvgIpc) is 2.28. The van der Waals surface area contributed by atoms with Gasteiger partial charge in [0.2, 0.25) is 0 Å². The van der Waals surface area contributed by atoms with Gasteiger partial charge in [0.1, 0.15) is 0 Å². The molecule has 7 heteroatoms. The summed E-state index contributed by atoms with van der Waals surface area (Å²) >= 11 is 0. The maximum Gasteiger partial charge on any atom is 0.270 e. The summed E-state index contributed by atoms with van der Waals surface area (Å²) in [5, 5.41) is 13.1. The van der Waals surface area contributed by atoms with E-state index in [2.05, 4.69) is 10.7 Å². The number of benzene rings is 1. The molecule has 0 saturated carbocycles. The number of nitro groups is 1. The molecule has 0 bridgehead atoms. The van der Waals surface area contributed by atoms with Crippen LogP contribution in [0, 0.1) is 10.1 Å². The number of nitrogen functional groups attached to an aromatic ring is 1. The van der Waals surface area contributed by atoms with E-state index in [9.17, 15) is 14.9 Å². The Morgan fingerprint density at radius 3 is 2.75 bits per heavy atom. The Morgan fingerprint density at radius 2 is 2.25 bits per heavy atom. The Labute approximate surface area is 91.8 Å². The van der Waals surface area contributed by atoms with Crippen molar-refractivity contribution in [2.24, 2.45) is 5.84 Å². The van der Waals surface area contributed by atoms with Crippen molar-refractivity contribution in [1.82, 2.24) is 5.32 Å². The van der Waals surface area contributed by atoms with E-state index in [0.717, 1.165) is 0 Å². The Hall–Kier alpha value is -2.15. The molecule has 1 amide bonds. The highest BCUT2D eigenvalue weighted by Crippen LogP contribution is 2.21. The van der Waals surface area contributed by atoms with Crippen LogP contribution in [0.25, 0.3) is 0 Å². The lowest BCUT2D eigenvalue weighted by Crippen LogP contribution is -2.24. The van der Waals surface area contributed by atoms with Gasteiger partial charge in [0, 0.05) is 18.7 Å². The molecule has 0 radical (unpaired) electrons. The van der Waals surface area contributed by atoms with Crippen LogP contribution in [0.2, 0.25) is 0 Å². The molecule has 0 unspecified atom stereocenters. The minimum atomic E-state index is -0.566.